The molecule has 1 aliphatic heterocycles. The molecular formula is C16H16ClNO. The fraction of sp³-hybridized carbons (Fsp3) is 0.250. The quantitative estimate of drug-likeness (QED) is 0.901. The molecule has 0 radical (unpaired) electrons. The Kier molecular flexibility index (Phi) is 3.34. The van der Waals surface area contributed by atoms with Gasteiger partial charge in [-0.25, -0.2) is 0 Å². The van der Waals surface area contributed by atoms with Gasteiger partial charge in [0.05, 0.1) is 0 Å². The average Bonchev–Trinajstić information content (AvgIpc) is 2.77. The molecule has 0 unspecified atom stereocenters. The molecule has 1 N–H and O–H groups in total. The Morgan fingerprint density at radius 3 is 2.79 bits per heavy atom. The second-order valence-electron chi connectivity index (χ2n) is 4.94. The Morgan fingerprint density at radius 1 is 1.21 bits per heavy atom. The lowest BCUT2D eigenvalue weighted by atomic mass is 10.1. The molecule has 0 aromatic heterocycles. The van der Waals surface area contributed by atoms with Gasteiger partial charge in [-0.2, -0.15) is 0 Å². The molecule has 0 aliphatic carbocycles. The van der Waals surface area contributed by atoms with Gasteiger partial charge < -0.3 is 10.1 Å². The van der Waals surface area contributed by atoms with Gasteiger partial charge in [0, 0.05) is 23.7 Å². The molecule has 3 rings (SSSR count). The van der Waals surface area contributed by atoms with E-state index in [1.165, 1.54) is 11.1 Å². The Bertz CT molecular complexity index is 580. The molecule has 0 spiro atoms. The molecule has 3 heteroatoms. The largest absolute Gasteiger partial charge is 0.490 e. The highest BCUT2D eigenvalue weighted by atomic mass is 35.5. The summed E-state index contributed by atoms with van der Waals surface area (Å²) in [6, 6.07) is 14.2. The normalized spacial score (nSPS) is 16.8. The van der Waals surface area contributed by atoms with Crippen LogP contribution in [0.5, 0.6) is 5.75 Å². The Hall–Kier alpha value is -1.67. The molecule has 0 amide bonds. The predicted molar refractivity (Wildman–Crippen MR) is 79.0 cm³/mol. The first-order valence-electron chi connectivity index (χ1n) is 6.48. The number of nitrogens with one attached hydrogen (secondary N) is 1. The van der Waals surface area contributed by atoms with Crippen molar-refractivity contribution < 1.29 is 4.74 Å². The summed E-state index contributed by atoms with van der Waals surface area (Å²) in [5.41, 5.74) is 3.66. The zero-order valence-electron chi connectivity index (χ0n) is 10.8. The minimum atomic E-state index is 0.300. The molecule has 1 aliphatic rings. The highest BCUT2D eigenvalue weighted by molar-refractivity contribution is 6.30. The minimum Gasteiger partial charge on any atom is -0.490 e. The summed E-state index contributed by atoms with van der Waals surface area (Å²) in [6.45, 7) is 2.91. The van der Waals surface area contributed by atoms with E-state index in [0.717, 1.165) is 29.4 Å². The molecular weight excluding hydrogens is 258 g/mol. The Balaban J connectivity index is 1.68. The lowest BCUT2D eigenvalue weighted by Gasteiger charge is -2.08. The highest BCUT2D eigenvalue weighted by Gasteiger charge is 2.18. The van der Waals surface area contributed by atoms with Crippen LogP contribution in [0.25, 0.3) is 0 Å². The van der Waals surface area contributed by atoms with Crippen LogP contribution < -0.4 is 10.1 Å². The first kappa shape index (κ1) is 12.4. The maximum Gasteiger partial charge on any atom is 0.123 e. The fourth-order valence-electron chi connectivity index (χ4n) is 2.36. The number of ether oxygens (including phenoxy) is 1. The monoisotopic (exact) mass is 273 g/mol. The van der Waals surface area contributed by atoms with Gasteiger partial charge >= 0.3 is 0 Å². The maximum atomic E-state index is 5.86. The summed E-state index contributed by atoms with van der Waals surface area (Å²) >= 11 is 5.86. The van der Waals surface area contributed by atoms with Crippen LogP contribution in [0.4, 0.5) is 5.69 Å². The van der Waals surface area contributed by atoms with Crippen LogP contribution in [0.1, 0.15) is 18.1 Å². The van der Waals surface area contributed by atoms with E-state index in [1.54, 1.807) is 0 Å². The average molecular weight is 274 g/mol. The molecule has 1 heterocycles. The van der Waals surface area contributed by atoms with Gasteiger partial charge in [-0.15, -0.1) is 0 Å². The van der Waals surface area contributed by atoms with E-state index in [1.807, 2.05) is 24.3 Å². The summed E-state index contributed by atoms with van der Waals surface area (Å²) in [5, 5.41) is 4.15. The topological polar surface area (TPSA) is 21.3 Å². The van der Waals surface area contributed by atoms with Crippen molar-refractivity contribution in [3.05, 3.63) is 58.6 Å². The number of hydrogen-bond donors (Lipinski definition) is 1. The molecule has 0 saturated heterocycles. The van der Waals surface area contributed by atoms with E-state index in [-0.39, 0.29) is 0 Å². The SMILES string of the molecule is C[C@H]1Cc2cc(CNc3ccc(Cl)cc3)ccc2O1. The molecule has 0 fully saturated rings. The van der Waals surface area contributed by atoms with Crippen LogP contribution in [0.3, 0.4) is 0 Å². The molecule has 2 nitrogen and oxygen atoms in total. The molecule has 19 heavy (non-hydrogen) atoms. The molecule has 2 aromatic rings. The van der Waals surface area contributed by atoms with Gasteiger partial charge in [0.1, 0.15) is 11.9 Å². The molecule has 0 bridgehead atoms. The van der Waals surface area contributed by atoms with Crippen LogP contribution in [-0.4, -0.2) is 6.10 Å². The summed E-state index contributed by atoms with van der Waals surface area (Å²) in [5.74, 6) is 1.03. The van der Waals surface area contributed by atoms with Crippen LogP contribution in [0.2, 0.25) is 5.02 Å². The van der Waals surface area contributed by atoms with E-state index in [0.29, 0.717) is 6.10 Å². The number of rotatable bonds is 3. The zero-order valence-corrected chi connectivity index (χ0v) is 11.6. The smallest absolute Gasteiger partial charge is 0.123 e. The lowest BCUT2D eigenvalue weighted by molar-refractivity contribution is 0.254. The maximum absolute atomic E-state index is 5.86. The van der Waals surface area contributed by atoms with E-state index >= 15 is 0 Å². The zero-order chi connectivity index (χ0) is 13.2. The number of fused-ring (bicyclic) bond motifs is 1. The van der Waals surface area contributed by atoms with Crippen molar-refractivity contribution in [2.24, 2.45) is 0 Å². The third-order valence-corrected chi connectivity index (χ3v) is 3.55. The van der Waals surface area contributed by atoms with Gasteiger partial charge in [0.25, 0.3) is 0 Å². The summed E-state index contributed by atoms with van der Waals surface area (Å²) < 4.78 is 5.70. The van der Waals surface area contributed by atoms with Gasteiger partial charge in [0.2, 0.25) is 0 Å². The van der Waals surface area contributed by atoms with Crippen molar-refractivity contribution in [1.29, 1.82) is 0 Å². The Morgan fingerprint density at radius 2 is 2.00 bits per heavy atom. The van der Waals surface area contributed by atoms with Crippen molar-refractivity contribution in [2.75, 3.05) is 5.32 Å². The van der Waals surface area contributed by atoms with Crippen molar-refractivity contribution in [1.82, 2.24) is 0 Å². The van der Waals surface area contributed by atoms with Crippen molar-refractivity contribution in [3.63, 3.8) is 0 Å². The van der Waals surface area contributed by atoms with E-state index in [2.05, 4.69) is 30.4 Å². The van der Waals surface area contributed by atoms with Gasteiger partial charge in [0.15, 0.2) is 0 Å². The highest BCUT2D eigenvalue weighted by Crippen LogP contribution is 2.29. The number of halogens is 1. The van der Waals surface area contributed by atoms with Crippen molar-refractivity contribution in [3.8, 4) is 5.75 Å². The van der Waals surface area contributed by atoms with Gasteiger partial charge in [-0.1, -0.05) is 23.7 Å². The van der Waals surface area contributed by atoms with Crippen LogP contribution in [-0.2, 0) is 13.0 Å². The summed E-state index contributed by atoms with van der Waals surface area (Å²) in [6.07, 6.45) is 1.30. The molecule has 0 saturated carbocycles. The van der Waals surface area contributed by atoms with E-state index in [4.69, 9.17) is 16.3 Å². The third kappa shape index (κ3) is 2.85. The lowest BCUT2D eigenvalue weighted by Crippen LogP contribution is -2.05. The van der Waals surface area contributed by atoms with Gasteiger partial charge in [-0.3, -0.25) is 0 Å². The third-order valence-electron chi connectivity index (χ3n) is 3.30. The second-order valence-corrected chi connectivity index (χ2v) is 5.37. The summed E-state index contributed by atoms with van der Waals surface area (Å²) in [7, 11) is 0. The van der Waals surface area contributed by atoms with E-state index < -0.39 is 0 Å². The van der Waals surface area contributed by atoms with Crippen molar-refractivity contribution in [2.45, 2.75) is 26.0 Å². The standard InChI is InChI=1S/C16H16ClNO/c1-11-8-13-9-12(2-7-16(13)19-11)10-18-15-5-3-14(17)4-6-15/h2-7,9,11,18H,8,10H2,1H3/t11-/m0/s1. The van der Waals surface area contributed by atoms with Crippen LogP contribution in [0, 0.1) is 0 Å². The second kappa shape index (κ2) is 5.14. The predicted octanol–water partition coefficient (Wildman–Crippen LogP) is 4.28. The number of anilines is 1. The molecule has 2 aromatic carbocycles. The molecule has 98 valence electrons. The first-order valence-corrected chi connectivity index (χ1v) is 6.86. The first-order chi connectivity index (χ1) is 9.20. The fourth-order valence-corrected chi connectivity index (χ4v) is 2.48. The van der Waals surface area contributed by atoms with Crippen molar-refractivity contribution >= 4 is 17.3 Å². The number of benzene rings is 2. The van der Waals surface area contributed by atoms with Gasteiger partial charge in [-0.05, 0) is 48.4 Å². The number of hydrogen-bond acceptors (Lipinski definition) is 2. The van der Waals surface area contributed by atoms with Crippen LogP contribution in [0.15, 0.2) is 42.5 Å². The van der Waals surface area contributed by atoms with Crippen LogP contribution >= 0.6 is 11.6 Å². The van der Waals surface area contributed by atoms with E-state index in [9.17, 15) is 0 Å². The minimum absolute atomic E-state index is 0.300. The molecule has 1 atom stereocenters. The summed E-state index contributed by atoms with van der Waals surface area (Å²) in [4.78, 5) is 0. The Labute approximate surface area is 118 Å².